The lowest BCUT2D eigenvalue weighted by atomic mass is 10.1. The molecule has 1 unspecified atom stereocenters. The van der Waals surface area contributed by atoms with Gasteiger partial charge >= 0.3 is 0 Å². The van der Waals surface area contributed by atoms with Gasteiger partial charge in [0.25, 0.3) is 5.69 Å². The van der Waals surface area contributed by atoms with Gasteiger partial charge < -0.3 is 10.6 Å². The lowest BCUT2D eigenvalue weighted by Crippen LogP contribution is -2.30. The van der Waals surface area contributed by atoms with E-state index in [-0.39, 0.29) is 30.0 Å². The van der Waals surface area contributed by atoms with Crippen LogP contribution in [0.3, 0.4) is 0 Å². The zero-order chi connectivity index (χ0) is 14.0. The number of hydrogen-bond acceptors (Lipinski definition) is 4. The summed E-state index contributed by atoms with van der Waals surface area (Å²) in [6.07, 6.45) is 1.54. The number of nitro benzene ring substituents is 1. The fourth-order valence-corrected chi connectivity index (χ4v) is 2.33. The third kappa shape index (κ3) is 3.26. The molecule has 110 valence electrons. The van der Waals surface area contributed by atoms with Gasteiger partial charge in [-0.15, -0.1) is 12.4 Å². The first-order valence-corrected chi connectivity index (χ1v) is 6.33. The predicted molar refractivity (Wildman–Crippen MR) is 79.3 cm³/mol. The van der Waals surface area contributed by atoms with Crippen molar-refractivity contribution in [3.63, 3.8) is 0 Å². The Morgan fingerprint density at radius 2 is 2.25 bits per heavy atom. The standard InChI is InChI=1S/C13H17N3O3.ClH/c1-9(14)5-6-13(17)15-8-7-10-11(15)3-2-4-12(10)16(18)19;/h2-4,9H,5-8,14H2,1H3;1H. The number of nitro groups is 1. The first-order chi connectivity index (χ1) is 9.00. The fraction of sp³-hybridized carbons (Fsp3) is 0.462. The van der Waals surface area contributed by atoms with Gasteiger partial charge in [-0.25, -0.2) is 0 Å². The van der Waals surface area contributed by atoms with Crippen molar-refractivity contribution in [3.05, 3.63) is 33.9 Å². The number of carbonyl (C=O) groups excluding carboxylic acids is 1. The van der Waals surface area contributed by atoms with Crippen LogP contribution < -0.4 is 10.6 Å². The molecule has 1 atom stereocenters. The maximum Gasteiger partial charge on any atom is 0.274 e. The number of nitrogens with zero attached hydrogens (tertiary/aromatic N) is 2. The maximum atomic E-state index is 12.1. The van der Waals surface area contributed by atoms with E-state index in [1.54, 1.807) is 17.0 Å². The van der Waals surface area contributed by atoms with E-state index in [2.05, 4.69) is 0 Å². The van der Waals surface area contributed by atoms with E-state index in [1.165, 1.54) is 6.07 Å². The van der Waals surface area contributed by atoms with Crippen LogP contribution in [0, 0.1) is 10.1 Å². The summed E-state index contributed by atoms with van der Waals surface area (Å²) in [5.74, 6) is -0.0171. The highest BCUT2D eigenvalue weighted by molar-refractivity contribution is 5.96. The van der Waals surface area contributed by atoms with Gasteiger partial charge in [0.2, 0.25) is 5.91 Å². The number of benzene rings is 1. The summed E-state index contributed by atoms with van der Waals surface area (Å²) >= 11 is 0. The molecule has 1 aromatic rings. The van der Waals surface area contributed by atoms with Crippen LogP contribution in [0.5, 0.6) is 0 Å². The second-order valence-electron chi connectivity index (χ2n) is 4.84. The summed E-state index contributed by atoms with van der Waals surface area (Å²) in [5.41, 5.74) is 7.06. The van der Waals surface area contributed by atoms with E-state index in [0.29, 0.717) is 37.1 Å². The fourth-order valence-electron chi connectivity index (χ4n) is 2.33. The van der Waals surface area contributed by atoms with Crippen LogP contribution in [0.2, 0.25) is 0 Å². The molecule has 0 saturated carbocycles. The zero-order valence-electron chi connectivity index (χ0n) is 11.2. The van der Waals surface area contributed by atoms with Crippen LogP contribution in [-0.4, -0.2) is 23.4 Å². The summed E-state index contributed by atoms with van der Waals surface area (Å²) in [6.45, 7) is 2.37. The Morgan fingerprint density at radius 3 is 2.85 bits per heavy atom. The van der Waals surface area contributed by atoms with Gasteiger partial charge in [0.15, 0.2) is 0 Å². The number of fused-ring (bicyclic) bond motifs is 1. The lowest BCUT2D eigenvalue weighted by Gasteiger charge is -2.17. The van der Waals surface area contributed by atoms with Gasteiger partial charge in [0, 0.05) is 25.1 Å². The van der Waals surface area contributed by atoms with E-state index in [0.717, 1.165) is 0 Å². The van der Waals surface area contributed by atoms with E-state index in [1.807, 2.05) is 6.92 Å². The highest BCUT2D eigenvalue weighted by Gasteiger charge is 2.29. The molecule has 20 heavy (non-hydrogen) atoms. The Balaban J connectivity index is 0.00000200. The molecule has 0 fully saturated rings. The molecule has 0 spiro atoms. The minimum Gasteiger partial charge on any atom is -0.328 e. The average Bonchev–Trinajstić information content (AvgIpc) is 2.79. The third-order valence-electron chi connectivity index (χ3n) is 3.31. The Kier molecular flexibility index (Phi) is 5.47. The summed E-state index contributed by atoms with van der Waals surface area (Å²) in [6, 6.07) is 4.85. The molecule has 1 heterocycles. The van der Waals surface area contributed by atoms with Crippen LogP contribution in [0.25, 0.3) is 0 Å². The van der Waals surface area contributed by atoms with Crippen molar-refractivity contribution >= 4 is 29.7 Å². The van der Waals surface area contributed by atoms with Crippen LogP contribution >= 0.6 is 12.4 Å². The van der Waals surface area contributed by atoms with Crippen molar-refractivity contribution in [2.24, 2.45) is 5.73 Å². The van der Waals surface area contributed by atoms with Crippen LogP contribution in [0.15, 0.2) is 18.2 Å². The molecule has 6 nitrogen and oxygen atoms in total. The molecule has 0 aromatic heterocycles. The quantitative estimate of drug-likeness (QED) is 0.680. The minimum absolute atomic E-state index is 0. The van der Waals surface area contributed by atoms with Crippen molar-refractivity contribution < 1.29 is 9.72 Å². The second-order valence-corrected chi connectivity index (χ2v) is 4.84. The van der Waals surface area contributed by atoms with Gasteiger partial charge in [-0.05, 0) is 25.8 Å². The van der Waals surface area contributed by atoms with E-state index in [9.17, 15) is 14.9 Å². The topological polar surface area (TPSA) is 89.5 Å². The van der Waals surface area contributed by atoms with Crippen LogP contribution in [0.4, 0.5) is 11.4 Å². The molecule has 0 saturated heterocycles. The largest absolute Gasteiger partial charge is 0.328 e. The van der Waals surface area contributed by atoms with Crippen LogP contribution in [-0.2, 0) is 11.2 Å². The monoisotopic (exact) mass is 299 g/mol. The molecular weight excluding hydrogens is 282 g/mol. The second kappa shape index (κ2) is 6.67. The first kappa shape index (κ1) is 16.4. The predicted octanol–water partition coefficient (Wildman–Crippen LogP) is 2.03. The molecular formula is C13H18ClN3O3. The highest BCUT2D eigenvalue weighted by Crippen LogP contribution is 2.35. The van der Waals surface area contributed by atoms with Crippen molar-refractivity contribution in [3.8, 4) is 0 Å². The number of carbonyl (C=O) groups is 1. The molecule has 0 bridgehead atoms. The van der Waals surface area contributed by atoms with E-state index >= 15 is 0 Å². The smallest absolute Gasteiger partial charge is 0.274 e. The molecule has 2 rings (SSSR count). The molecule has 7 heteroatoms. The van der Waals surface area contributed by atoms with Crippen molar-refractivity contribution in [1.82, 2.24) is 0 Å². The lowest BCUT2D eigenvalue weighted by molar-refractivity contribution is -0.385. The number of rotatable bonds is 4. The summed E-state index contributed by atoms with van der Waals surface area (Å²) in [7, 11) is 0. The number of halogens is 1. The number of nitrogens with two attached hydrogens (primary N) is 1. The molecule has 1 aliphatic rings. The molecule has 1 aliphatic heterocycles. The Morgan fingerprint density at radius 1 is 1.55 bits per heavy atom. The van der Waals surface area contributed by atoms with Gasteiger partial charge in [-0.2, -0.15) is 0 Å². The highest BCUT2D eigenvalue weighted by atomic mass is 35.5. The number of hydrogen-bond donors (Lipinski definition) is 1. The van der Waals surface area contributed by atoms with Crippen molar-refractivity contribution in [1.29, 1.82) is 0 Å². The molecule has 0 aliphatic carbocycles. The van der Waals surface area contributed by atoms with Crippen molar-refractivity contribution in [2.45, 2.75) is 32.2 Å². The van der Waals surface area contributed by atoms with E-state index < -0.39 is 4.92 Å². The first-order valence-electron chi connectivity index (χ1n) is 6.33. The van der Waals surface area contributed by atoms with Gasteiger partial charge in [0.05, 0.1) is 16.2 Å². The zero-order valence-corrected chi connectivity index (χ0v) is 12.1. The van der Waals surface area contributed by atoms with Gasteiger partial charge in [-0.3, -0.25) is 14.9 Å². The van der Waals surface area contributed by atoms with Crippen molar-refractivity contribution in [2.75, 3.05) is 11.4 Å². The number of anilines is 1. The molecule has 2 N–H and O–H groups in total. The maximum absolute atomic E-state index is 12.1. The van der Waals surface area contributed by atoms with Gasteiger partial charge in [-0.1, -0.05) is 6.07 Å². The molecule has 1 aromatic carbocycles. The molecule has 1 amide bonds. The Labute approximate surface area is 123 Å². The summed E-state index contributed by atoms with van der Waals surface area (Å²) in [5, 5.41) is 10.9. The summed E-state index contributed by atoms with van der Waals surface area (Å²) < 4.78 is 0. The molecule has 0 radical (unpaired) electrons. The average molecular weight is 300 g/mol. The van der Waals surface area contributed by atoms with Gasteiger partial charge in [0.1, 0.15) is 0 Å². The van der Waals surface area contributed by atoms with Crippen LogP contribution in [0.1, 0.15) is 25.3 Å². The number of amides is 1. The SMILES string of the molecule is CC(N)CCC(=O)N1CCc2c1cccc2[N+](=O)[O-].Cl. The van der Waals surface area contributed by atoms with E-state index in [4.69, 9.17) is 5.73 Å². The Bertz CT molecular complexity index is 520. The minimum atomic E-state index is -0.394. The summed E-state index contributed by atoms with van der Waals surface area (Å²) in [4.78, 5) is 24.3. The Hall–Kier alpha value is -1.66. The normalized spacial score (nSPS) is 14.4. The third-order valence-corrected chi connectivity index (χ3v) is 3.31.